The predicted molar refractivity (Wildman–Crippen MR) is 124 cm³/mol. The van der Waals surface area contributed by atoms with E-state index in [4.69, 9.17) is 16.9 Å². The van der Waals surface area contributed by atoms with E-state index in [0.29, 0.717) is 11.4 Å². The van der Waals surface area contributed by atoms with Crippen LogP contribution in [0.2, 0.25) is 5.02 Å². The molecule has 4 nitrogen and oxygen atoms in total. The van der Waals surface area contributed by atoms with Crippen LogP contribution in [0.1, 0.15) is 62.3 Å². The van der Waals surface area contributed by atoms with Crippen LogP contribution in [-0.2, 0) is 0 Å². The normalized spacial score (nSPS) is 8.85. The van der Waals surface area contributed by atoms with Gasteiger partial charge in [0.1, 0.15) is 23.3 Å². The van der Waals surface area contributed by atoms with Gasteiger partial charge in [0.15, 0.2) is 0 Å². The topological polar surface area (TPSA) is 62.5 Å². The minimum absolute atomic E-state index is 0.00870. The van der Waals surface area contributed by atoms with Gasteiger partial charge in [-0.3, -0.25) is 15.0 Å². The zero-order valence-electron chi connectivity index (χ0n) is 19.8. The highest BCUT2D eigenvalue weighted by molar-refractivity contribution is 6.30. The molecule has 0 fully saturated rings. The molecule has 0 aliphatic rings. The molecule has 0 spiro atoms. The number of aryl methyl sites for hydroxylation is 3. The molecule has 33 heavy (non-hydrogen) atoms. The van der Waals surface area contributed by atoms with Crippen molar-refractivity contribution in [2.75, 3.05) is 0 Å². The molecule has 0 amide bonds. The minimum atomic E-state index is -2.41. The Bertz CT molecular complexity index is 975. The Balaban J connectivity index is 0. The molecule has 3 heterocycles. The van der Waals surface area contributed by atoms with Crippen LogP contribution in [0.15, 0.2) is 42.9 Å². The van der Waals surface area contributed by atoms with E-state index in [1.54, 1.807) is 32.9 Å². The summed E-state index contributed by atoms with van der Waals surface area (Å²) < 4.78 is 48.7. The standard InChI is InChI=1S/C7H7F2N.C7H5FN2.C6H5ClFN.2C2H6/c1-5-2-3-6(4-10-5)7(8)9;1-5-2-7(8)6(3-9)4-10-5;1-4-2-6(8)5(7)3-9-4;2*1-2/h2-4,7H,1H3;2,4H,1H3;2-3H,1H3;2*1-2H3. The van der Waals surface area contributed by atoms with Gasteiger partial charge in [-0.1, -0.05) is 45.4 Å². The molecule has 0 saturated carbocycles. The molecule has 3 aromatic heterocycles. The van der Waals surface area contributed by atoms with E-state index in [1.807, 2.05) is 27.7 Å². The molecule has 9 heteroatoms. The molecule has 3 rings (SSSR count). The Morgan fingerprint density at radius 2 is 1.27 bits per heavy atom. The second-order valence-electron chi connectivity index (χ2n) is 5.69. The van der Waals surface area contributed by atoms with Crippen LogP contribution in [0, 0.1) is 43.7 Å². The molecule has 3 aromatic rings. The van der Waals surface area contributed by atoms with Crippen LogP contribution < -0.4 is 0 Å². The smallest absolute Gasteiger partial charge is 0.261 e. The molecular formula is C24H29ClF4N4. The summed E-state index contributed by atoms with van der Waals surface area (Å²) in [6.45, 7) is 13.1. The summed E-state index contributed by atoms with van der Waals surface area (Å²) in [5.41, 5.74) is 1.94. The van der Waals surface area contributed by atoms with Gasteiger partial charge in [0.2, 0.25) is 0 Å². The van der Waals surface area contributed by atoms with Gasteiger partial charge >= 0.3 is 0 Å². The fraction of sp³-hybridized carbons (Fsp3) is 0.333. The highest BCUT2D eigenvalue weighted by Gasteiger charge is 2.05. The summed E-state index contributed by atoms with van der Waals surface area (Å²) in [6.07, 6.45) is 1.31. The van der Waals surface area contributed by atoms with Crippen LogP contribution in [-0.4, -0.2) is 15.0 Å². The fourth-order valence-corrected chi connectivity index (χ4v) is 1.83. The minimum Gasteiger partial charge on any atom is -0.261 e. The summed E-state index contributed by atoms with van der Waals surface area (Å²) in [5, 5.41) is 8.35. The van der Waals surface area contributed by atoms with Crippen molar-refractivity contribution in [2.45, 2.75) is 54.9 Å². The van der Waals surface area contributed by atoms with E-state index >= 15 is 0 Å². The molecule has 0 N–H and O–H groups in total. The van der Waals surface area contributed by atoms with Crippen molar-refractivity contribution < 1.29 is 17.6 Å². The highest BCUT2D eigenvalue weighted by atomic mass is 35.5. The lowest BCUT2D eigenvalue weighted by molar-refractivity contribution is 0.151. The second kappa shape index (κ2) is 18.5. The Kier molecular flexibility index (Phi) is 18.0. The van der Waals surface area contributed by atoms with Gasteiger partial charge < -0.3 is 0 Å². The van der Waals surface area contributed by atoms with Gasteiger partial charge in [-0.15, -0.1) is 0 Å². The van der Waals surface area contributed by atoms with E-state index in [-0.39, 0.29) is 16.1 Å². The third-order valence-corrected chi connectivity index (χ3v) is 3.52. The molecule has 0 aliphatic carbocycles. The van der Waals surface area contributed by atoms with Gasteiger partial charge in [-0.25, -0.2) is 17.6 Å². The first-order valence-corrected chi connectivity index (χ1v) is 10.5. The SMILES string of the molecule is CC.CC.Cc1cc(F)c(C#N)cn1.Cc1cc(F)c(Cl)cn1.Cc1ccc(C(F)F)cn1. The molecule has 0 aromatic carbocycles. The number of alkyl halides is 2. The average Bonchev–Trinajstić information content (AvgIpc) is 2.80. The Morgan fingerprint density at radius 1 is 0.788 bits per heavy atom. The zero-order valence-corrected chi connectivity index (χ0v) is 20.6. The van der Waals surface area contributed by atoms with E-state index in [0.717, 1.165) is 5.69 Å². The number of nitrogens with zero attached hydrogens (tertiary/aromatic N) is 4. The number of nitriles is 1. The first kappa shape index (κ1) is 32.1. The van der Waals surface area contributed by atoms with Crippen molar-refractivity contribution in [3.8, 4) is 6.07 Å². The van der Waals surface area contributed by atoms with Crippen LogP contribution in [0.5, 0.6) is 0 Å². The van der Waals surface area contributed by atoms with E-state index < -0.39 is 18.1 Å². The molecular weight excluding hydrogens is 456 g/mol. The van der Waals surface area contributed by atoms with Gasteiger partial charge in [0.25, 0.3) is 6.43 Å². The highest BCUT2D eigenvalue weighted by Crippen LogP contribution is 2.16. The van der Waals surface area contributed by atoms with Gasteiger partial charge in [0.05, 0.1) is 5.02 Å². The molecule has 0 aliphatic heterocycles. The number of hydrogen-bond acceptors (Lipinski definition) is 4. The maximum absolute atomic E-state index is 12.6. The largest absolute Gasteiger partial charge is 0.265 e. The van der Waals surface area contributed by atoms with Crippen molar-refractivity contribution in [2.24, 2.45) is 0 Å². The number of hydrogen-bond donors (Lipinski definition) is 0. The molecule has 0 atom stereocenters. The summed E-state index contributed by atoms with van der Waals surface area (Å²) in [4.78, 5) is 11.2. The van der Waals surface area contributed by atoms with Crippen LogP contribution in [0.3, 0.4) is 0 Å². The molecule has 180 valence electrons. The van der Waals surface area contributed by atoms with Crippen LogP contribution >= 0.6 is 11.6 Å². The average molecular weight is 485 g/mol. The van der Waals surface area contributed by atoms with E-state index in [9.17, 15) is 17.6 Å². The third-order valence-electron chi connectivity index (χ3n) is 3.24. The van der Waals surface area contributed by atoms with Crippen molar-refractivity contribution in [3.05, 3.63) is 87.7 Å². The molecule has 0 saturated heterocycles. The fourth-order valence-electron chi connectivity index (χ4n) is 1.73. The Hall–Kier alpha value is -3.05. The maximum Gasteiger partial charge on any atom is 0.265 e. The lowest BCUT2D eigenvalue weighted by Gasteiger charge is -1.96. The molecule has 0 radical (unpaired) electrons. The van der Waals surface area contributed by atoms with Gasteiger partial charge in [-0.05, 0) is 39.0 Å². The summed E-state index contributed by atoms with van der Waals surface area (Å²) in [7, 11) is 0. The quantitative estimate of drug-likeness (QED) is 0.328. The van der Waals surface area contributed by atoms with E-state index in [2.05, 4.69) is 15.0 Å². The Morgan fingerprint density at radius 3 is 1.64 bits per heavy atom. The molecule has 0 bridgehead atoms. The lowest BCUT2D eigenvalue weighted by Crippen LogP contribution is -1.87. The summed E-state index contributed by atoms with van der Waals surface area (Å²) in [5.74, 6) is -0.917. The van der Waals surface area contributed by atoms with Crippen molar-refractivity contribution >= 4 is 11.6 Å². The van der Waals surface area contributed by atoms with Crippen LogP contribution in [0.25, 0.3) is 0 Å². The van der Waals surface area contributed by atoms with E-state index in [1.165, 1.54) is 36.8 Å². The van der Waals surface area contributed by atoms with Crippen molar-refractivity contribution in [1.82, 2.24) is 15.0 Å². The third kappa shape index (κ3) is 13.9. The Labute approximate surface area is 198 Å². The second-order valence-corrected chi connectivity index (χ2v) is 6.10. The van der Waals surface area contributed by atoms with Gasteiger partial charge in [-0.2, -0.15) is 5.26 Å². The number of rotatable bonds is 1. The van der Waals surface area contributed by atoms with Gasteiger partial charge in [0, 0.05) is 41.2 Å². The number of aromatic nitrogens is 3. The van der Waals surface area contributed by atoms with Crippen molar-refractivity contribution in [3.63, 3.8) is 0 Å². The number of halogens is 5. The maximum atomic E-state index is 12.6. The number of pyridine rings is 3. The zero-order chi connectivity index (χ0) is 26.0. The predicted octanol–water partition coefficient (Wildman–Crippen LogP) is 7.96. The monoisotopic (exact) mass is 484 g/mol. The summed E-state index contributed by atoms with van der Waals surface area (Å²) in [6, 6.07) is 7.17. The first-order valence-electron chi connectivity index (χ1n) is 10.1. The summed E-state index contributed by atoms with van der Waals surface area (Å²) >= 11 is 5.34. The van der Waals surface area contributed by atoms with Crippen molar-refractivity contribution in [1.29, 1.82) is 5.26 Å². The van der Waals surface area contributed by atoms with Crippen LogP contribution in [0.4, 0.5) is 17.6 Å². The lowest BCUT2D eigenvalue weighted by atomic mass is 10.2. The first-order chi connectivity index (χ1) is 15.6. The molecule has 0 unspecified atom stereocenters.